The molecule has 1 atom stereocenters. The van der Waals surface area contributed by atoms with Crippen molar-refractivity contribution in [2.45, 2.75) is 45.1 Å². The molecule has 2 aromatic rings. The van der Waals surface area contributed by atoms with E-state index in [0.717, 1.165) is 12.8 Å². The highest BCUT2D eigenvalue weighted by atomic mass is 16.5. The van der Waals surface area contributed by atoms with Crippen molar-refractivity contribution in [2.24, 2.45) is 0 Å². The average molecular weight is 323 g/mol. The predicted molar refractivity (Wildman–Crippen MR) is 96.6 cm³/mol. The third-order valence-electron chi connectivity index (χ3n) is 4.82. The molecular formula is C21H25NO2. The number of rotatable bonds is 5. The van der Waals surface area contributed by atoms with Crippen LogP contribution in [-0.2, 0) is 12.8 Å². The summed E-state index contributed by atoms with van der Waals surface area (Å²) in [6, 6.07) is 14.0. The molecule has 1 amide bonds. The summed E-state index contributed by atoms with van der Waals surface area (Å²) < 4.78 is 5.20. The highest BCUT2D eigenvalue weighted by molar-refractivity contribution is 5.94. The lowest BCUT2D eigenvalue weighted by molar-refractivity contribution is 0.0935. The standard InChI is InChI=1S/C21H25NO2/c1-3-20(17-12-11-15-7-4-5-8-16(15)13-17)22-21(23)18-9-6-10-19(14-18)24-2/h6,9-14,20H,3-5,7-8H2,1-2H3,(H,22,23)/t20-/m0/s1. The molecule has 0 radical (unpaired) electrons. The van der Waals surface area contributed by atoms with E-state index in [1.165, 1.54) is 36.0 Å². The molecule has 3 nitrogen and oxygen atoms in total. The Labute approximate surface area is 144 Å². The zero-order chi connectivity index (χ0) is 16.9. The van der Waals surface area contributed by atoms with Crippen molar-refractivity contribution in [1.82, 2.24) is 5.32 Å². The molecule has 126 valence electrons. The van der Waals surface area contributed by atoms with Crippen molar-refractivity contribution in [1.29, 1.82) is 0 Å². The Bertz CT molecular complexity index is 724. The summed E-state index contributed by atoms with van der Waals surface area (Å²) in [5.74, 6) is 0.642. The van der Waals surface area contributed by atoms with Crippen LogP contribution in [0.3, 0.4) is 0 Å². The van der Waals surface area contributed by atoms with Crippen LogP contribution >= 0.6 is 0 Å². The van der Waals surface area contributed by atoms with Gasteiger partial charge in [-0.25, -0.2) is 0 Å². The van der Waals surface area contributed by atoms with E-state index in [0.29, 0.717) is 11.3 Å². The maximum Gasteiger partial charge on any atom is 0.251 e. The summed E-state index contributed by atoms with van der Waals surface area (Å²) in [6.45, 7) is 2.11. The third-order valence-corrected chi connectivity index (χ3v) is 4.82. The minimum absolute atomic E-state index is 0.0379. The molecule has 0 saturated carbocycles. The van der Waals surface area contributed by atoms with E-state index in [4.69, 9.17) is 4.74 Å². The molecule has 1 N–H and O–H groups in total. The Hall–Kier alpha value is -2.29. The molecule has 24 heavy (non-hydrogen) atoms. The van der Waals surface area contributed by atoms with Gasteiger partial charge < -0.3 is 10.1 Å². The summed E-state index contributed by atoms with van der Waals surface area (Å²) >= 11 is 0. The lowest BCUT2D eigenvalue weighted by Crippen LogP contribution is -2.28. The van der Waals surface area contributed by atoms with E-state index >= 15 is 0 Å². The third kappa shape index (κ3) is 3.61. The molecule has 0 aliphatic heterocycles. The van der Waals surface area contributed by atoms with Gasteiger partial charge in [-0.05, 0) is 67.0 Å². The molecule has 3 rings (SSSR count). The first-order valence-corrected chi connectivity index (χ1v) is 8.78. The van der Waals surface area contributed by atoms with E-state index in [-0.39, 0.29) is 11.9 Å². The fourth-order valence-electron chi connectivity index (χ4n) is 3.40. The second-order valence-corrected chi connectivity index (χ2v) is 6.40. The molecule has 3 heteroatoms. The summed E-state index contributed by atoms with van der Waals surface area (Å²) in [6.07, 6.45) is 5.76. The van der Waals surface area contributed by atoms with Crippen molar-refractivity contribution < 1.29 is 9.53 Å². The number of benzene rings is 2. The minimum atomic E-state index is -0.0570. The van der Waals surface area contributed by atoms with Gasteiger partial charge in [0, 0.05) is 5.56 Å². The van der Waals surface area contributed by atoms with Crippen LogP contribution in [0.1, 0.15) is 59.3 Å². The van der Waals surface area contributed by atoms with Crippen LogP contribution in [0.25, 0.3) is 0 Å². The molecule has 0 spiro atoms. The van der Waals surface area contributed by atoms with Crippen LogP contribution in [0.2, 0.25) is 0 Å². The van der Waals surface area contributed by atoms with E-state index in [1.807, 2.05) is 18.2 Å². The van der Waals surface area contributed by atoms with Gasteiger partial charge in [0.25, 0.3) is 5.91 Å². The van der Waals surface area contributed by atoms with Crippen molar-refractivity contribution in [3.63, 3.8) is 0 Å². The minimum Gasteiger partial charge on any atom is -0.497 e. The van der Waals surface area contributed by atoms with E-state index in [9.17, 15) is 4.79 Å². The first-order chi connectivity index (χ1) is 11.7. The molecule has 1 aliphatic rings. The quantitative estimate of drug-likeness (QED) is 0.882. The Kier molecular flexibility index (Phi) is 5.19. The number of carbonyl (C=O) groups excluding carboxylic acids is 1. The Morgan fingerprint density at radius 3 is 2.67 bits per heavy atom. The number of hydrogen-bond acceptors (Lipinski definition) is 2. The largest absolute Gasteiger partial charge is 0.497 e. The molecule has 0 saturated heterocycles. The van der Waals surface area contributed by atoms with E-state index in [2.05, 4.69) is 30.4 Å². The van der Waals surface area contributed by atoms with Crippen LogP contribution in [-0.4, -0.2) is 13.0 Å². The number of hydrogen-bond donors (Lipinski definition) is 1. The van der Waals surface area contributed by atoms with Crippen LogP contribution in [0, 0.1) is 0 Å². The number of ether oxygens (including phenoxy) is 1. The fourth-order valence-corrected chi connectivity index (χ4v) is 3.40. The first kappa shape index (κ1) is 16.6. The maximum atomic E-state index is 12.6. The molecule has 0 unspecified atom stereocenters. The SMILES string of the molecule is CC[C@H](NC(=O)c1cccc(OC)c1)c1ccc2c(c1)CCCC2. The number of methoxy groups -OCH3 is 1. The van der Waals surface area contributed by atoms with Crippen molar-refractivity contribution in [2.75, 3.05) is 7.11 Å². The van der Waals surface area contributed by atoms with Gasteiger partial charge in [-0.3, -0.25) is 4.79 Å². The van der Waals surface area contributed by atoms with Gasteiger partial charge in [0.2, 0.25) is 0 Å². The Morgan fingerprint density at radius 2 is 1.92 bits per heavy atom. The second kappa shape index (κ2) is 7.52. The normalized spacial score (nSPS) is 14.6. The fraction of sp³-hybridized carbons (Fsp3) is 0.381. The molecule has 0 bridgehead atoms. The van der Waals surface area contributed by atoms with Crippen molar-refractivity contribution in [3.8, 4) is 5.75 Å². The molecular weight excluding hydrogens is 298 g/mol. The number of nitrogens with one attached hydrogen (secondary N) is 1. The molecule has 0 aromatic heterocycles. The highest BCUT2D eigenvalue weighted by Crippen LogP contribution is 2.26. The number of carbonyl (C=O) groups is 1. The average Bonchev–Trinajstić information content (AvgIpc) is 2.65. The smallest absolute Gasteiger partial charge is 0.251 e. The van der Waals surface area contributed by atoms with Crippen LogP contribution in [0.15, 0.2) is 42.5 Å². The highest BCUT2D eigenvalue weighted by Gasteiger charge is 2.17. The summed E-state index contributed by atoms with van der Waals surface area (Å²) in [4.78, 5) is 12.6. The van der Waals surface area contributed by atoms with Gasteiger partial charge in [0.05, 0.1) is 13.2 Å². The number of aryl methyl sites for hydroxylation is 2. The van der Waals surface area contributed by atoms with Gasteiger partial charge in [-0.15, -0.1) is 0 Å². The molecule has 0 fully saturated rings. The van der Waals surface area contributed by atoms with E-state index < -0.39 is 0 Å². The predicted octanol–water partition coefficient (Wildman–Crippen LogP) is 4.46. The van der Waals surface area contributed by atoms with Gasteiger partial charge >= 0.3 is 0 Å². The summed E-state index contributed by atoms with van der Waals surface area (Å²) in [5.41, 5.74) is 4.76. The molecule has 1 aliphatic carbocycles. The van der Waals surface area contributed by atoms with Crippen LogP contribution in [0.5, 0.6) is 5.75 Å². The second-order valence-electron chi connectivity index (χ2n) is 6.40. The van der Waals surface area contributed by atoms with Gasteiger partial charge in [-0.2, -0.15) is 0 Å². The Balaban J connectivity index is 1.77. The zero-order valence-electron chi connectivity index (χ0n) is 14.5. The monoisotopic (exact) mass is 323 g/mol. The lowest BCUT2D eigenvalue weighted by Gasteiger charge is -2.22. The Morgan fingerprint density at radius 1 is 1.12 bits per heavy atom. The number of fused-ring (bicyclic) bond motifs is 1. The molecule has 0 heterocycles. The summed E-state index contributed by atoms with van der Waals surface area (Å²) in [5, 5.41) is 3.16. The van der Waals surface area contributed by atoms with Crippen molar-refractivity contribution in [3.05, 3.63) is 64.7 Å². The zero-order valence-corrected chi connectivity index (χ0v) is 14.5. The topological polar surface area (TPSA) is 38.3 Å². The lowest BCUT2D eigenvalue weighted by atomic mass is 9.88. The first-order valence-electron chi connectivity index (χ1n) is 8.78. The van der Waals surface area contributed by atoms with Gasteiger partial charge in [0.15, 0.2) is 0 Å². The van der Waals surface area contributed by atoms with Crippen molar-refractivity contribution >= 4 is 5.91 Å². The maximum absolute atomic E-state index is 12.6. The summed E-state index contributed by atoms with van der Waals surface area (Å²) in [7, 11) is 1.61. The number of amides is 1. The van der Waals surface area contributed by atoms with Crippen LogP contribution < -0.4 is 10.1 Å². The van der Waals surface area contributed by atoms with Gasteiger partial charge in [0.1, 0.15) is 5.75 Å². The molecule has 2 aromatic carbocycles. The van der Waals surface area contributed by atoms with Crippen LogP contribution in [0.4, 0.5) is 0 Å². The van der Waals surface area contributed by atoms with E-state index in [1.54, 1.807) is 13.2 Å². The van der Waals surface area contributed by atoms with Gasteiger partial charge in [-0.1, -0.05) is 31.2 Å².